The number of ketones is 1. The van der Waals surface area contributed by atoms with Crippen molar-refractivity contribution in [1.29, 1.82) is 0 Å². The minimum atomic E-state index is -0.588. The molecule has 0 aromatic heterocycles. The molecule has 3 aliphatic rings. The van der Waals surface area contributed by atoms with Crippen LogP contribution in [0.5, 0.6) is 0 Å². The molecule has 0 aliphatic heterocycles. The Morgan fingerprint density at radius 3 is 2.86 bits per heavy atom. The van der Waals surface area contributed by atoms with Crippen LogP contribution in [0.25, 0.3) is 0 Å². The minimum absolute atomic E-state index is 0.180. The summed E-state index contributed by atoms with van der Waals surface area (Å²) < 4.78 is 0. The van der Waals surface area contributed by atoms with Crippen LogP contribution in [-0.2, 0) is 4.79 Å². The van der Waals surface area contributed by atoms with Crippen LogP contribution in [0, 0.1) is 16.7 Å². The number of allylic oxidation sites excluding steroid dienone is 1. The Hall–Kier alpha value is -0.990. The predicted octanol–water partition coefficient (Wildman–Crippen LogP) is 2.21. The van der Waals surface area contributed by atoms with Crippen LogP contribution in [-0.4, -0.2) is 11.3 Å². The molecule has 74 valence electrons. The lowest BCUT2D eigenvalue weighted by molar-refractivity contribution is -0.115. The van der Waals surface area contributed by atoms with E-state index in [-0.39, 0.29) is 11.7 Å². The van der Waals surface area contributed by atoms with Gasteiger partial charge in [0.2, 0.25) is 0 Å². The maximum Gasteiger partial charge on any atom is 0.161 e. The van der Waals surface area contributed by atoms with Crippen LogP contribution < -0.4 is 0 Å². The van der Waals surface area contributed by atoms with E-state index in [1.165, 1.54) is 0 Å². The number of hydrogen-bond donors (Lipinski definition) is 0. The van der Waals surface area contributed by atoms with Gasteiger partial charge in [0.05, 0.1) is 0 Å². The molecular weight excluding hydrogens is 178 g/mol. The Balaban J connectivity index is 2.19. The highest BCUT2D eigenvalue weighted by Gasteiger charge is 2.61. The highest BCUT2D eigenvalue weighted by Crippen LogP contribution is 2.57. The molecule has 2 saturated carbocycles. The first kappa shape index (κ1) is 8.33. The van der Waals surface area contributed by atoms with Gasteiger partial charge < -0.3 is 0 Å². The zero-order chi connectivity index (χ0) is 9.76. The van der Waals surface area contributed by atoms with E-state index >= 15 is 0 Å². The Labute approximate surface area is 82.5 Å². The molecule has 3 rings (SSSR count). The lowest BCUT2D eigenvalue weighted by Crippen LogP contribution is -2.37. The summed E-state index contributed by atoms with van der Waals surface area (Å²) in [5.74, 6) is 0.763. The van der Waals surface area contributed by atoms with Crippen molar-refractivity contribution in [1.82, 2.24) is 0 Å². The first-order chi connectivity index (χ1) is 6.79. The van der Waals surface area contributed by atoms with Crippen LogP contribution in [0.4, 0.5) is 0 Å². The van der Waals surface area contributed by atoms with Crippen LogP contribution in [0.15, 0.2) is 16.8 Å². The molecule has 0 N–H and O–H groups in total. The normalized spacial score (nSPS) is 44.9. The van der Waals surface area contributed by atoms with Gasteiger partial charge in [-0.25, -0.2) is 0 Å². The standard InChI is InChI=1S/C11H13NO2/c13-10-6-8-5-4-7-2-1-3-9(10)11(7,8)12-14/h3,7-8H,1-2,4-6H2. The molecule has 0 aromatic rings. The maximum absolute atomic E-state index is 11.7. The molecule has 3 heteroatoms. The summed E-state index contributed by atoms with van der Waals surface area (Å²) in [6.45, 7) is 0. The highest BCUT2D eigenvalue weighted by atomic mass is 16.3. The third-order valence-corrected chi connectivity index (χ3v) is 4.29. The molecule has 3 atom stereocenters. The molecule has 0 heterocycles. The average molecular weight is 191 g/mol. The fourth-order valence-corrected chi connectivity index (χ4v) is 3.70. The smallest absolute Gasteiger partial charge is 0.161 e. The molecule has 2 fully saturated rings. The van der Waals surface area contributed by atoms with Crippen molar-refractivity contribution >= 4 is 5.78 Å². The van der Waals surface area contributed by atoms with Crippen molar-refractivity contribution in [3.05, 3.63) is 16.6 Å². The molecule has 3 unspecified atom stereocenters. The molecule has 3 aliphatic carbocycles. The minimum Gasteiger partial charge on any atom is -0.294 e. The summed E-state index contributed by atoms with van der Waals surface area (Å²) in [6.07, 6.45) is 6.62. The summed E-state index contributed by atoms with van der Waals surface area (Å²) in [7, 11) is 0. The summed E-state index contributed by atoms with van der Waals surface area (Å²) >= 11 is 0. The Morgan fingerprint density at radius 1 is 1.29 bits per heavy atom. The fraction of sp³-hybridized carbons (Fsp3) is 0.727. The topological polar surface area (TPSA) is 46.5 Å². The largest absolute Gasteiger partial charge is 0.294 e. The predicted molar refractivity (Wildman–Crippen MR) is 51.7 cm³/mol. The molecule has 0 amide bonds. The van der Waals surface area contributed by atoms with Gasteiger partial charge in [0, 0.05) is 12.0 Å². The van der Waals surface area contributed by atoms with Crippen molar-refractivity contribution < 1.29 is 4.79 Å². The third kappa shape index (κ3) is 0.725. The average Bonchev–Trinajstić information content (AvgIpc) is 2.70. The van der Waals surface area contributed by atoms with E-state index in [0.717, 1.165) is 31.3 Å². The van der Waals surface area contributed by atoms with E-state index in [2.05, 4.69) is 5.18 Å². The highest BCUT2D eigenvalue weighted by molar-refractivity contribution is 6.01. The van der Waals surface area contributed by atoms with Crippen molar-refractivity contribution in [2.45, 2.75) is 37.6 Å². The van der Waals surface area contributed by atoms with Crippen molar-refractivity contribution in [3.8, 4) is 0 Å². The lowest BCUT2D eigenvalue weighted by Gasteiger charge is -2.32. The summed E-state index contributed by atoms with van der Waals surface area (Å²) in [5.41, 5.74) is 0.168. The first-order valence-corrected chi connectivity index (χ1v) is 5.37. The van der Waals surface area contributed by atoms with Gasteiger partial charge in [-0.1, -0.05) is 11.3 Å². The second-order valence-electron chi connectivity index (χ2n) is 4.71. The number of Topliss-reactive ketones (excluding diaryl/α,β-unsaturated/α-hetero) is 1. The Bertz CT molecular complexity index is 347. The molecule has 0 radical (unpaired) electrons. The molecule has 0 aromatic carbocycles. The zero-order valence-corrected chi connectivity index (χ0v) is 8.03. The van der Waals surface area contributed by atoms with Crippen molar-refractivity contribution in [2.24, 2.45) is 17.0 Å². The Kier molecular flexibility index (Phi) is 1.50. The van der Waals surface area contributed by atoms with E-state index in [1.807, 2.05) is 6.08 Å². The zero-order valence-electron chi connectivity index (χ0n) is 8.03. The quantitative estimate of drug-likeness (QED) is 0.596. The fourth-order valence-electron chi connectivity index (χ4n) is 3.70. The van der Waals surface area contributed by atoms with Gasteiger partial charge in [-0.15, -0.1) is 4.91 Å². The van der Waals surface area contributed by atoms with Crippen LogP contribution in [0.3, 0.4) is 0 Å². The van der Waals surface area contributed by atoms with Crippen LogP contribution >= 0.6 is 0 Å². The van der Waals surface area contributed by atoms with Crippen molar-refractivity contribution in [3.63, 3.8) is 0 Å². The van der Waals surface area contributed by atoms with Gasteiger partial charge in [0.1, 0.15) is 5.54 Å². The van der Waals surface area contributed by atoms with Crippen LogP contribution in [0.1, 0.15) is 32.1 Å². The van der Waals surface area contributed by atoms with Crippen LogP contribution in [0.2, 0.25) is 0 Å². The summed E-state index contributed by atoms with van der Waals surface area (Å²) in [5, 5.41) is 3.38. The van der Waals surface area contributed by atoms with Gasteiger partial charge in [-0.3, -0.25) is 4.79 Å². The van der Waals surface area contributed by atoms with Gasteiger partial charge in [-0.2, -0.15) is 0 Å². The van der Waals surface area contributed by atoms with Gasteiger partial charge in [-0.05, 0) is 37.5 Å². The molecule has 0 spiro atoms. The number of hydrogen-bond acceptors (Lipinski definition) is 3. The number of nitroso groups, excluding NO2 is 1. The molecule has 0 bridgehead atoms. The van der Waals surface area contributed by atoms with E-state index in [9.17, 15) is 9.70 Å². The Morgan fingerprint density at radius 2 is 2.07 bits per heavy atom. The second-order valence-corrected chi connectivity index (χ2v) is 4.71. The van der Waals surface area contributed by atoms with E-state index in [1.54, 1.807) is 0 Å². The molecule has 3 nitrogen and oxygen atoms in total. The van der Waals surface area contributed by atoms with Gasteiger partial charge in [0.25, 0.3) is 0 Å². The third-order valence-electron chi connectivity index (χ3n) is 4.29. The monoisotopic (exact) mass is 191 g/mol. The lowest BCUT2D eigenvalue weighted by atomic mass is 9.74. The second kappa shape index (κ2) is 2.53. The van der Waals surface area contributed by atoms with E-state index in [0.29, 0.717) is 12.3 Å². The number of rotatable bonds is 1. The maximum atomic E-state index is 11.7. The summed E-state index contributed by atoms with van der Waals surface area (Å²) in [4.78, 5) is 22.8. The number of nitrogens with zero attached hydrogens (tertiary/aromatic N) is 1. The summed E-state index contributed by atoms with van der Waals surface area (Å²) in [6, 6.07) is 0. The first-order valence-electron chi connectivity index (χ1n) is 5.37. The van der Waals surface area contributed by atoms with Crippen molar-refractivity contribution in [2.75, 3.05) is 0 Å². The number of carbonyl (C=O) groups excluding carboxylic acids is 1. The molecular formula is C11H13NO2. The van der Waals surface area contributed by atoms with E-state index < -0.39 is 5.54 Å². The van der Waals surface area contributed by atoms with E-state index in [4.69, 9.17) is 0 Å². The number of carbonyl (C=O) groups is 1. The van der Waals surface area contributed by atoms with Gasteiger partial charge in [0.15, 0.2) is 5.78 Å². The van der Waals surface area contributed by atoms with Gasteiger partial charge >= 0.3 is 0 Å². The SMILES string of the molecule is O=NC12C3=CCCC1CCC2CC3=O. The molecule has 14 heavy (non-hydrogen) atoms. The molecule has 0 saturated heterocycles.